The zero-order chi connectivity index (χ0) is 34.2. The van der Waals surface area contributed by atoms with Crippen molar-refractivity contribution >= 4 is 86.7 Å². The van der Waals surface area contributed by atoms with Gasteiger partial charge in [0.15, 0.2) is 0 Å². The SMILES string of the molecule is O=S(=O)([O-])c1ccc2c(N=Nc3ccc(N=Nc4ccc(Nc5ccccc5)c5c(S(=O)(=O)[O-])cccc45)c4ccccc34)cccc2c1.[Na+].[Na+]. The van der Waals surface area contributed by atoms with E-state index in [0.29, 0.717) is 50.3 Å². The molecule has 0 aromatic heterocycles. The van der Waals surface area contributed by atoms with E-state index < -0.39 is 20.2 Å². The van der Waals surface area contributed by atoms with Crippen LogP contribution in [0.5, 0.6) is 0 Å². The predicted octanol–water partition coefficient (Wildman–Crippen LogP) is 3.54. The van der Waals surface area contributed by atoms with Gasteiger partial charge >= 0.3 is 59.1 Å². The maximum Gasteiger partial charge on any atom is 1.00 e. The molecule has 0 radical (unpaired) electrons. The minimum Gasteiger partial charge on any atom is -0.744 e. The Morgan fingerprint density at radius 2 is 1.00 bits per heavy atom. The van der Waals surface area contributed by atoms with E-state index in [1.54, 1.807) is 48.5 Å². The Morgan fingerprint density at radius 3 is 1.61 bits per heavy atom. The van der Waals surface area contributed by atoms with Crippen LogP contribution in [0.1, 0.15) is 0 Å². The summed E-state index contributed by atoms with van der Waals surface area (Å²) in [7, 11) is -9.43. The maximum absolute atomic E-state index is 12.3. The van der Waals surface area contributed by atoms with Crippen LogP contribution >= 0.6 is 0 Å². The van der Waals surface area contributed by atoms with Crippen LogP contribution in [0.3, 0.4) is 0 Å². The van der Waals surface area contributed by atoms with E-state index in [0.717, 1.165) is 10.8 Å². The summed E-state index contributed by atoms with van der Waals surface area (Å²) in [6, 6.07) is 37.1. The van der Waals surface area contributed by atoms with Crippen LogP contribution in [0, 0.1) is 0 Å². The topological polar surface area (TPSA) is 176 Å². The van der Waals surface area contributed by atoms with E-state index in [4.69, 9.17) is 0 Å². The standard InChI is InChI=1S/C36H25N5O6S2.2Na/c42-48(43,44)25-16-17-26-23(22-25)8-6-14-30(26)38-39-31-18-19-32(28-12-5-4-11-27(28)31)40-41-33-20-21-34(37-24-9-2-1-3-10-24)36-29(33)13-7-15-35(36)49(45,46)47;;/h1-22,37H,(H,42,43,44)(H,45,46,47);;/q;2*+1/p-2. The zero-order valence-corrected chi connectivity index (χ0v) is 32.9. The summed E-state index contributed by atoms with van der Waals surface area (Å²) in [5.74, 6) is 0. The first kappa shape index (κ1) is 38.4. The van der Waals surface area contributed by atoms with E-state index in [2.05, 4.69) is 25.8 Å². The van der Waals surface area contributed by atoms with Crippen LogP contribution < -0.4 is 64.4 Å². The van der Waals surface area contributed by atoms with Crippen molar-refractivity contribution in [3.63, 3.8) is 0 Å². The van der Waals surface area contributed by atoms with Gasteiger partial charge in [0.1, 0.15) is 20.2 Å². The number of nitrogens with zero attached hydrogens (tertiary/aromatic N) is 4. The number of hydrogen-bond donors (Lipinski definition) is 1. The van der Waals surface area contributed by atoms with Gasteiger partial charge in [-0.15, -0.1) is 20.5 Å². The summed E-state index contributed by atoms with van der Waals surface area (Å²) >= 11 is 0. The zero-order valence-electron chi connectivity index (χ0n) is 27.3. The number of benzene rings is 7. The smallest absolute Gasteiger partial charge is 0.744 e. The summed E-state index contributed by atoms with van der Waals surface area (Å²) < 4.78 is 71.3. The maximum atomic E-state index is 12.3. The van der Waals surface area contributed by atoms with E-state index in [-0.39, 0.29) is 74.3 Å². The van der Waals surface area contributed by atoms with Crippen molar-refractivity contribution in [2.45, 2.75) is 9.79 Å². The van der Waals surface area contributed by atoms with Crippen molar-refractivity contribution in [2.24, 2.45) is 20.5 Å². The second kappa shape index (κ2) is 15.8. The molecule has 51 heavy (non-hydrogen) atoms. The largest absolute Gasteiger partial charge is 1.00 e. The van der Waals surface area contributed by atoms with Gasteiger partial charge in [0.25, 0.3) is 0 Å². The molecule has 0 amide bonds. The van der Waals surface area contributed by atoms with Crippen LogP contribution in [0.25, 0.3) is 32.3 Å². The van der Waals surface area contributed by atoms with Crippen LogP contribution in [-0.2, 0) is 20.2 Å². The van der Waals surface area contributed by atoms with Crippen molar-refractivity contribution in [3.05, 3.63) is 133 Å². The van der Waals surface area contributed by atoms with Gasteiger partial charge in [-0.3, -0.25) is 0 Å². The average molecular weight is 732 g/mol. The molecule has 7 aromatic rings. The molecule has 1 N–H and O–H groups in total. The van der Waals surface area contributed by atoms with Crippen LogP contribution in [0.4, 0.5) is 34.1 Å². The minimum absolute atomic E-state index is 0. The number of hydrogen-bond acceptors (Lipinski definition) is 11. The Bertz CT molecular complexity index is 2710. The van der Waals surface area contributed by atoms with Crippen molar-refractivity contribution < 1.29 is 85.1 Å². The molecule has 0 saturated carbocycles. The van der Waals surface area contributed by atoms with Crippen LogP contribution in [-0.4, -0.2) is 25.9 Å². The fourth-order valence-electron chi connectivity index (χ4n) is 5.58. The third-order valence-corrected chi connectivity index (χ3v) is 9.54. The molecular formula is C36H23N5Na2O6S2. The van der Waals surface area contributed by atoms with E-state index in [1.807, 2.05) is 54.6 Å². The fraction of sp³-hybridized carbons (Fsp3) is 0. The van der Waals surface area contributed by atoms with Crippen molar-refractivity contribution in [1.82, 2.24) is 0 Å². The molecule has 0 heterocycles. The van der Waals surface area contributed by atoms with Gasteiger partial charge in [0.2, 0.25) is 0 Å². The molecular weight excluding hydrogens is 709 g/mol. The molecule has 0 aliphatic carbocycles. The number of para-hydroxylation sites is 1. The molecule has 0 aliphatic rings. The van der Waals surface area contributed by atoms with Crippen LogP contribution in [0.15, 0.2) is 164 Å². The molecule has 0 unspecified atom stereocenters. The molecule has 0 aliphatic heterocycles. The van der Waals surface area contributed by atoms with Gasteiger partial charge in [-0.2, -0.15) is 0 Å². The summed E-state index contributed by atoms with van der Waals surface area (Å²) in [5, 5.41) is 24.4. The molecule has 0 atom stereocenters. The molecule has 242 valence electrons. The van der Waals surface area contributed by atoms with Gasteiger partial charge in [0, 0.05) is 38.3 Å². The first-order valence-electron chi connectivity index (χ1n) is 14.7. The second-order valence-electron chi connectivity index (χ2n) is 10.9. The van der Waals surface area contributed by atoms with Gasteiger partial charge in [-0.25, -0.2) is 16.8 Å². The first-order valence-corrected chi connectivity index (χ1v) is 17.6. The van der Waals surface area contributed by atoms with Gasteiger partial charge < -0.3 is 14.4 Å². The Labute approximate surface area is 337 Å². The molecule has 0 fully saturated rings. The number of fused-ring (bicyclic) bond motifs is 3. The molecule has 0 saturated heterocycles. The third-order valence-electron chi connectivity index (χ3n) is 7.83. The number of rotatable bonds is 8. The van der Waals surface area contributed by atoms with Gasteiger partial charge in [0.05, 0.1) is 32.5 Å². The Kier molecular flexibility index (Phi) is 11.9. The van der Waals surface area contributed by atoms with Crippen molar-refractivity contribution in [3.8, 4) is 0 Å². The van der Waals surface area contributed by atoms with Crippen molar-refractivity contribution in [2.75, 3.05) is 5.32 Å². The summed E-state index contributed by atoms with van der Waals surface area (Å²) in [4.78, 5) is -0.698. The van der Waals surface area contributed by atoms with E-state index in [9.17, 15) is 25.9 Å². The first-order chi connectivity index (χ1) is 23.6. The van der Waals surface area contributed by atoms with Crippen LogP contribution in [0.2, 0.25) is 0 Å². The third kappa shape index (κ3) is 8.29. The summed E-state index contributed by atoms with van der Waals surface area (Å²) in [6.07, 6.45) is 0. The van der Waals surface area contributed by atoms with E-state index in [1.165, 1.54) is 30.3 Å². The quantitative estimate of drug-likeness (QED) is 0.141. The minimum atomic E-state index is -4.83. The normalized spacial score (nSPS) is 12.0. The number of azo groups is 2. The van der Waals surface area contributed by atoms with Crippen molar-refractivity contribution in [1.29, 1.82) is 0 Å². The molecule has 0 bridgehead atoms. The predicted molar refractivity (Wildman–Crippen MR) is 186 cm³/mol. The number of anilines is 2. The second-order valence-corrected chi connectivity index (χ2v) is 13.6. The summed E-state index contributed by atoms with van der Waals surface area (Å²) in [5.41, 5.74) is 3.03. The molecule has 11 nitrogen and oxygen atoms in total. The average Bonchev–Trinajstić information content (AvgIpc) is 3.09. The summed E-state index contributed by atoms with van der Waals surface area (Å²) in [6.45, 7) is 0. The monoisotopic (exact) mass is 731 g/mol. The van der Waals surface area contributed by atoms with Gasteiger partial charge in [-0.05, 0) is 66.0 Å². The Morgan fingerprint density at radius 1 is 0.471 bits per heavy atom. The molecule has 7 aromatic carbocycles. The molecule has 15 heteroatoms. The van der Waals surface area contributed by atoms with E-state index >= 15 is 0 Å². The Balaban J connectivity index is 0.00000252. The number of nitrogens with one attached hydrogen (secondary N) is 1. The molecule has 0 spiro atoms. The fourth-order valence-corrected chi connectivity index (χ4v) is 6.80. The Hall–Kier alpha value is -3.86. The molecule has 7 rings (SSSR count). The van der Waals surface area contributed by atoms with Gasteiger partial charge in [-0.1, -0.05) is 72.8 Å².